The average molecular weight is 221 g/mol. The molecule has 0 radical (unpaired) electrons. The molecule has 0 bridgehead atoms. The van der Waals surface area contributed by atoms with Crippen LogP contribution in [0.3, 0.4) is 0 Å². The van der Waals surface area contributed by atoms with Gasteiger partial charge in [-0.15, -0.1) is 0 Å². The van der Waals surface area contributed by atoms with E-state index in [4.69, 9.17) is 0 Å². The van der Waals surface area contributed by atoms with Crippen molar-refractivity contribution in [1.82, 2.24) is 0 Å². The van der Waals surface area contributed by atoms with Gasteiger partial charge in [-0.1, -0.05) is 52.8 Å². The molecule has 16 heavy (non-hydrogen) atoms. The Balaban J connectivity index is 0.000000487. The number of para-hydroxylation sites is 1. The van der Waals surface area contributed by atoms with Crippen molar-refractivity contribution < 1.29 is 0 Å². The SMILES string of the molecule is CC(C)C.CCNc1ccccc1C(C)C. The first-order valence-electron chi connectivity index (χ1n) is 6.31. The Labute approximate surface area is 101 Å². The summed E-state index contributed by atoms with van der Waals surface area (Å²) in [4.78, 5) is 0. The second-order valence-corrected chi connectivity index (χ2v) is 5.00. The lowest BCUT2D eigenvalue weighted by Crippen LogP contribution is -2.01. The van der Waals surface area contributed by atoms with Crippen molar-refractivity contribution in [3.63, 3.8) is 0 Å². The maximum absolute atomic E-state index is 3.36. The Morgan fingerprint density at radius 3 is 1.94 bits per heavy atom. The third-order valence-corrected chi connectivity index (χ3v) is 1.95. The van der Waals surface area contributed by atoms with Gasteiger partial charge in [0.25, 0.3) is 0 Å². The van der Waals surface area contributed by atoms with Crippen LogP contribution in [0.25, 0.3) is 0 Å². The van der Waals surface area contributed by atoms with Crippen molar-refractivity contribution in [2.75, 3.05) is 11.9 Å². The molecule has 1 heteroatoms. The summed E-state index contributed by atoms with van der Waals surface area (Å²) in [5.41, 5.74) is 2.68. The number of rotatable bonds is 3. The highest BCUT2D eigenvalue weighted by atomic mass is 14.9. The number of nitrogens with one attached hydrogen (secondary N) is 1. The third-order valence-electron chi connectivity index (χ3n) is 1.95. The van der Waals surface area contributed by atoms with Crippen LogP contribution in [-0.2, 0) is 0 Å². The highest BCUT2D eigenvalue weighted by molar-refractivity contribution is 5.52. The van der Waals surface area contributed by atoms with Crippen LogP contribution in [0.1, 0.15) is 53.0 Å². The summed E-state index contributed by atoms with van der Waals surface area (Å²) < 4.78 is 0. The summed E-state index contributed by atoms with van der Waals surface area (Å²) in [6.45, 7) is 14.0. The van der Waals surface area contributed by atoms with Gasteiger partial charge in [-0.2, -0.15) is 0 Å². The van der Waals surface area contributed by atoms with Gasteiger partial charge < -0.3 is 5.32 Å². The molecule has 0 amide bonds. The van der Waals surface area contributed by atoms with Crippen molar-refractivity contribution in [3.05, 3.63) is 29.8 Å². The third kappa shape index (κ3) is 6.49. The first-order valence-corrected chi connectivity index (χ1v) is 6.31. The van der Waals surface area contributed by atoms with Crippen molar-refractivity contribution in [2.45, 2.75) is 47.5 Å². The van der Waals surface area contributed by atoms with E-state index in [0.29, 0.717) is 5.92 Å². The van der Waals surface area contributed by atoms with Gasteiger partial charge in [0.15, 0.2) is 0 Å². The average Bonchev–Trinajstić information content (AvgIpc) is 2.18. The van der Waals surface area contributed by atoms with Crippen LogP contribution in [0.15, 0.2) is 24.3 Å². The van der Waals surface area contributed by atoms with Crippen LogP contribution in [0.5, 0.6) is 0 Å². The Kier molecular flexibility index (Phi) is 7.70. The molecule has 0 saturated heterocycles. The van der Waals surface area contributed by atoms with Crippen LogP contribution >= 0.6 is 0 Å². The minimum absolute atomic E-state index is 0.597. The van der Waals surface area contributed by atoms with Crippen LogP contribution in [0.4, 0.5) is 5.69 Å². The van der Waals surface area contributed by atoms with Gasteiger partial charge in [-0.25, -0.2) is 0 Å². The summed E-state index contributed by atoms with van der Waals surface area (Å²) >= 11 is 0. The zero-order valence-electron chi connectivity index (χ0n) is 11.7. The van der Waals surface area contributed by atoms with Gasteiger partial charge in [0, 0.05) is 12.2 Å². The number of hydrogen-bond acceptors (Lipinski definition) is 1. The molecule has 1 aromatic rings. The molecular formula is C15H27N. The summed E-state index contributed by atoms with van der Waals surface area (Å²) in [5, 5.41) is 3.36. The molecule has 0 unspecified atom stereocenters. The standard InChI is InChI=1S/C11H17N.C4H10/c1-4-12-11-8-6-5-7-10(11)9(2)3;1-4(2)3/h5-9,12H,4H2,1-3H3;4H,1-3H3. The van der Waals surface area contributed by atoms with E-state index in [1.54, 1.807) is 0 Å². The van der Waals surface area contributed by atoms with E-state index < -0.39 is 0 Å². The summed E-state index contributed by atoms with van der Waals surface area (Å²) in [5.74, 6) is 1.43. The lowest BCUT2D eigenvalue weighted by atomic mass is 10.0. The Morgan fingerprint density at radius 2 is 1.50 bits per heavy atom. The minimum atomic E-state index is 0.597. The zero-order valence-corrected chi connectivity index (χ0v) is 11.7. The second kappa shape index (κ2) is 8.20. The van der Waals surface area contributed by atoms with Gasteiger partial charge in [0.1, 0.15) is 0 Å². The van der Waals surface area contributed by atoms with Crippen LogP contribution in [0, 0.1) is 5.92 Å². The lowest BCUT2D eigenvalue weighted by molar-refractivity contribution is 0.737. The largest absolute Gasteiger partial charge is 0.385 e. The Morgan fingerprint density at radius 1 is 1.00 bits per heavy atom. The highest BCUT2D eigenvalue weighted by Gasteiger charge is 2.03. The molecule has 0 heterocycles. The molecule has 0 fully saturated rings. The molecule has 0 atom stereocenters. The molecule has 0 aromatic heterocycles. The van der Waals surface area contributed by atoms with Crippen molar-refractivity contribution >= 4 is 5.69 Å². The number of anilines is 1. The molecule has 1 nitrogen and oxygen atoms in total. The highest BCUT2D eigenvalue weighted by Crippen LogP contribution is 2.23. The smallest absolute Gasteiger partial charge is 0.0375 e. The second-order valence-electron chi connectivity index (χ2n) is 5.00. The molecule has 0 aliphatic carbocycles. The first kappa shape index (κ1) is 15.0. The van der Waals surface area contributed by atoms with E-state index in [2.05, 4.69) is 71.1 Å². The van der Waals surface area contributed by atoms with Crippen LogP contribution in [0.2, 0.25) is 0 Å². The van der Waals surface area contributed by atoms with Crippen molar-refractivity contribution in [1.29, 1.82) is 0 Å². The summed E-state index contributed by atoms with van der Waals surface area (Å²) in [6, 6.07) is 8.49. The van der Waals surface area contributed by atoms with E-state index in [1.807, 2.05) is 0 Å². The van der Waals surface area contributed by atoms with Gasteiger partial charge >= 0.3 is 0 Å². The molecule has 0 saturated carbocycles. The molecular weight excluding hydrogens is 194 g/mol. The maximum atomic E-state index is 3.36. The Hall–Kier alpha value is -0.980. The molecule has 1 N–H and O–H groups in total. The van der Waals surface area contributed by atoms with E-state index in [1.165, 1.54) is 11.3 Å². The van der Waals surface area contributed by atoms with E-state index in [-0.39, 0.29) is 0 Å². The monoisotopic (exact) mass is 221 g/mol. The fourth-order valence-corrected chi connectivity index (χ4v) is 1.35. The fourth-order valence-electron chi connectivity index (χ4n) is 1.35. The zero-order chi connectivity index (χ0) is 12.6. The molecule has 1 rings (SSSR count). The molecule has 0 aliphatic rings. The lowest BCUT2D eigenvalue weighted by Gasteiger charge is -2.12. The first-order chi connectivity index (χ1) is 7.49. The maximum Gasteiger partial charge on any atom is 0.0375 e. The van der Waals surface area contributed by atoms with Crippen molar-refractivity contribution in [3.8, 4) is 0 Å². The van der Waals surface area contributed by atoms with E-state index >= 15 is 0 Å². The van der Waals surface area contributed by atoms with Crippen LogP contribution in [-0.4, -0.2) is 6.54 Å². The normalized spacial score (nSPS) is 10.0. The number of hydrogen-bond donors (Lipinski definition) is 1. The Bertz CT molecular complexity index is 274. The van der Waals surface area contributed by atoms with E-state index in [0.717, 1.165) is 12.5 Å². The predicted octanol–water partition coefficient (Wildman–Crippen LogP) is 4.90. The summed E-state index contributed by atoms with van der Waals surface area (Å²) in [6.07, 6.45) is 0. The van der Waals surface area contributed by atoms with Gasteiger partial charge in [0.05, 0.1) is 0 Å². The molecule has 92 valence electrons. The van der Waals surface area contributed by atoms with Gasteiger partial charge in [0.2, 0.25) is 0 Å². The van der Waals surface area contributed by atoms with E-state index in [9.17, 15) is 0 Å². The van der Waals surface area contributed by atoms with Crippen molar-refractivity contribution in [2.24, 2.45) is 5.92 Å². The summed E-state index contributed by atoms with van der Waals surface area (Å²) in [7, 11) is 0. The molecule has 0 spiro atoms. The minimum Gasteiger partial charge on any atom is -0.385 e. The number of benzene rings is 1. The molecule has 1 aromatic carbocycles. The topological polar surface area (TPSA) is 12.0 Å². The van der Waals surface area contributed by atoms with Gasteiger partial charge in [-0.3, -0.25) is 0 Å². The van der Waals surface area contributed by atoms with Gasteiger partial charge in [-0.05, 0) is 30.4 Å². The molecule has 0 aliphatic heterocycles. The predicted molar refractivity (Wildman–Crippen MR) is 75.2 cm³/mol. The quantitative estimate of drug-likeness (QED) is 0.765. The van der Waals surface area contributed by atoms with Crippen LogP contribution < -0.4 is 5.32 Å². The fraction of sp³-hybridized carbons (Fsp3) is 0.600.